The van der Waals surface area contributed by atoms with Crippen LogP contribution in [0.3, 0.4) is 0 Å². The molecule has 0 bridgehead atoms. The molecular formula is C11H15BF2N2O4S. The molecule has 1 aliphatic heterocycles. The van der Waals surface area contributed by atoms with E-state index in [2.05, 4.69) is 0 Å². The van der Waals surface area contributed by atoms with Crippen molar-refractivity contribution in [1.82, 2.24) is 9.21 Å². The van der Waals surface area contributed by atoms with E-state index in [1.54, 1.807) is 4.90 Å². The third-order valence-corrected chi connectivity index (χ3v) is 5.22. The van der Waals surface area contributed by atoms with Crippen molar-refractivity contribution in [2.24, 2.45) is 0 Å². The Balaban J connectivity index is 2.16. The maximum absolute atomic E-state index is 13.6. The van der Waals surface area contributed by atoms with E-state index in [1.165, 1.54) is 0 Å². The van der Waals surface area contributed by atoms with Gasteiger partial charge in [-0.25, -0.2) is 17.2 Å². The Morgan fingerprint density at radius 3 is 2.10 bits per heavy atom. The molecule has 0 saturated carbocycles. The lowest BCUT2D eigenvalue weighted by Crippen LogP contribution is -2.51. The number of halogens is 2. The van der Waals surface area contributed by atoms with E-state index in [0.29, 0.717) is 0 Å². The zero-order valence-electron chi connectivity index (χ0n) is 11.1. The van der Waals surface area contributed by atoms with Crippen LogP contribution in [0.5, 0.6) is 0 Å². The lowest BCUT2D eigenvalue weighted by Gasteiger charge is -2.33. The van der Waals surface area contributed by atoms with Crippen LogP contribution in [0.25, 0.3) is 0 Å². The highest BCUT2D eigenvalue weighted by Gasteiger charge is 2.33. The molecule has 1 heterocycles. The van der Waals surface area contributed by atoms with Crippen LogP contribution >= 0.6 is 0 Å². The van der Waals surface area contributed by atoms with Crippen molar-refractivity contribution >= 4 is 17.1 Å². The van der Waals surface area contributed by atoms with Gasteiger partial charge in [-0.2, -0.15) is 4.31 Å². The molecule has 0 unspecified atom stereocenters. The number of hydrogen-bond donors (Lipinski definition) is 2. The average molecular weight is 320 g/mol. The molecule has 21 heavy (non-hydrogen) atoms. The number of benzene rings is 1. The van der Waals surface area contributed by atoms with Gasteiger partial charge in [-0.1, -0.05) is 6.07 Å². The van der Waals surface area contributed by atoms with Crippen LogP contribution in [0.2, 0.25) is 0 Å². The molecule has 0 aliphatic carbocycles. The minimum Gasteiger partial charge on any atom is -0.426 e. The molecule has 2 rings (SSSR count). The van der Waals surface area contributed by atoms with Crippen LogP contribution in [0.1, 0.15) is 0 Å². The second-order valence-corrected chi connectivity index (χ2v) is 6.61. The number of piperazine rings is 1. The smallest absolute Gasteiger partial charge is 0.426 e. The summed E-state index contributed by atoms with van der Waals surface area (Å²) >= 11 is 0. The summed E-state index contributed by atoms with van der Waals surface area (Å²) in [7, 11) is -5.75. The molecule has 0 spiro atoms. The van der Waals surface area contributed by atoms with Gasteiger partial charge in [0.05, 0.1) is 0 Å². The van der Waals surface area contributed by atoms with Crippen molar-refractivity contribution in [3.63, 3.8) is 0 Å². The molecule has 1 aliphatic rings. The van der Waals surface area contributed by atoms with Crippen molar-refractivity contribution in [1.29, 1.82) is 0 Å². The summed E-state index contributed by atoms with van der Waals surface area (Å²) in [6.07, 6.45) is 0.00193. The van der Waals surface area contributed by atoms with Crippen LogP contribution in [0.15, 0.2) is 23.1 Å². The van der Waals surface area contributed by atoms with Crippen molar-refractivity contribution in [3.8, 4) is 0 Å². The summed E-state index contributed by atoms with van der Waals surface area (Å²) < 4.78 is 52.8. The van der Waals surface area contributed by atoms with Gasteiger partial charge < -0.3 is 14.9 Å². The molecule has 1 aromatic carbocycles. The van der Waals surface area contributed by atoms with E-state index in [-0.39, 0.29) is 32.6 Å². The van der Waals surface area contributed by atoms with Crippen LogP contribution in [-0.2, 0) is 10.0 Å². The van der Waals surface area contributed by atoms with Crippen LogP contribution in [0.4, 0.5) is 8.78 Å². The summed E-state index contributed by atoms with van der Waals surface area (Å²) in [5.74, 6) is -2.24. The minimum atomic E-state index is -4.24. The van der Waals surface area contributed by atoms with Crippen molar-refractivity contribution in [2.75, 3.05) is 32.6 Å². The molecule has 2 N–H and O–H groups in total. The topological polar surface area (TPSA) is 81.1 Å². The zero-order chi connectivity index (χ0) is 15.6. The average Bonchev–Trinajstić information content (AvgIpc) is 2.38. The Morgan fingerprint density at radius 1 is 1.10 bits per heavy atom. The zero-order valence-corrected chi connectivity index (χ0v) is 11.9. The van der Waals surface area contributed by atoms with E-state index >= 15 is 0 Å². The molecule has 6 nitrogen and oxygen atoms in total. The lowest BCUT2D eigenvalue weighted by molar-refractivity contribution is 0.197. The van der Waals surface area contributed by atoms with Gasteiger partial charge in [-0.15, -0.1) is 0 Å². The largest absolute Gasteiger partial charge is 0.466 e. The van der Waals surface area contributed by atoms with Gasteiger partial charge in [-0.3, -0.25) is 0 Å². The molecule has 0 amide bonds. The van der Waals surface area contributed by atoms with E-state index in [4.69, 9.17) is 10.0 Å². The quantitative estimate of drug-likeness (QED) is 0.716. The molecule has 1 aromatic rings. The van der Waals surface area contributed by atoms with E-state index in [0.717, 1.165) is 22.5 Å². The maximum atomic E-state index is 13.6. The van der Waals surface area contributed by atoms with Crippen LogP contribution in [-0.4, -0.2) is 67.4 Å². The van der Waals surface area contributed by atoms with E-state index in [9.17, 15) is 17.2 Å². The second kappa shape index (κ2) is 6.36. The highest BCUT2D eigenvalue weighted by atomic mass is 32.2. The Labute approximate surface area is 121 Å². The Kier molecular flexibility index (Phi) is 4.94. The fourth-order valence-corrected chi connectivity index (χ4v) is 3.77. The van der Waals surface area contributed by atoms with Gasteiger partial charge in [0, 0.05) is 32.6 Å². The first-order valence-electron chi connectivity index (χ1n) is 6.35. The number of rotatable bonds is 4. The molecular weight excluding hydrogens is 305 g/mol. The third kappa shape index (κ3) is 3.58. The van der Waals surface area contributed by atoms with Gasteiger partial charge in [0.1, 0.15) is 11.6 Å². The third-order valence-electron chi connectivity index (χ3n) is 3.27. The van der Waals surface area contributed by atoms with Crippen LogP contribution in [0, 0.1) is 11.6 Å². The van der Waals surface area contributed by atoms with Crippen molar-refractivity contribution in [2.45, 2.75) is 4.90 Å². The van der Waals surface area contributed by atoms with Gasteiger partial charge >= 0.3 is 7.12 Å². The predicted octanol–water partition coefficient (Wildman–Crippen LogP) is -0.717. The summed E-state index contributed by atoms with van der Waals surface area (Å²) in [6, 6.07) is 2.90. The summed E-state index contributed by atoms with van der Waals surface area (Å²) in [5, 5.41) is 17.7. The molecule has 0 atom stereocenters. The lowest BCUT2D eigenvalue weighted by atomic mass is 9.91. The van der Waals surface area contributed by atoms with Gasteiger partial charge in [0.25, 0.3) is 0 Å². The number of hydrogen-bond acceptors (Lipinski definition) is 5. The summed E-state index contributed by atoms with van der Waals surface area (Å²) in [6.45, 7) is 0.575. The molecule has 0 aromatic heterocycles. The SMILES string of the molecule is O=S(=O)(c1c(F)cccc1F)N1CCN(CB(O)O)CC1. The maximum Gasteiger partial charge on any atom is 0.466 e. The van der Waals surface area contributed by atoms with E-state index in [1.807, 2.05) is 0 Å². The Morgan fingerprint density at radius 2 is 1.62 bits per heavy atom. The monoisotopic (exact) mass is 320 g/mol. The standard InChI is InChI=1S/C11H15BF2N2O4S/c13-9-2-1-3-10(14)11(9)21(19,20)16-6-4-15(5-7-16)8-12(17)18/h1-3,17-18H,4-8H2. The molecule has 1 saturated heterocycles. The summed E-state index contributed by atoms with van der Waals surface area (Å²) in [5.41, 5.74) is 0. The molecule has 116 valence electrons. The second-order valence-electron chi connectivity index (χ2n) is 4.74. The number of sulfonamides is 1. The fraction of sp³-hybridized carbons (Fsp3) is 0.455. The van der Waals surface area contributed by atoms with Gasteiger partial charge in [0.2, 0.25) is 10.0 Å². The minimum absolute atomic E-state index is 0.00193. The molecule has 0 radical (unpaired) electrons. The molecule has 10 heteroatoms. The van der Waals surface area contributed by atoms with Crippen LogP contribution < -0.4 is 0 Å². The molecule has 1 fully saturated rings. The fourth-order valence-electron chi connectivity index (χ4n) is 2.24. The summed E-state index contributed by atoms with van der Waals surface area (Å²) in [4.78, 5) is 0.717. The highest BCUT2D eigenvalue weighted by Crippen LogP contribution is 2.23. The van der Waals surface area contributed by atoms with Crippen molar-refractivity contribution < 1.29 is 27.2 Å². The first-order valence-corrected chi connectivity index (χ1v) is 7.79. The Bertz CT molecular complexity index is 586. The first kappa shape index (κ1) is 16.3. The number of nitrogens with zero attached hydrogens (tertiary/aromatic N) is 2. The predicted molar refractivity (Wildman–Crippen MR) is 71.7 cm³/mol. The normalized spacial score (nSPS) is 17.9. The van der Waals surface area contributed by atoms with Crippen molar-refractivity contribution in [3.05, 3.63) is 29.8 Å². The van der Waals surface area contributed by atoms with Gasteiger partial charge in [0.15, 0.2) is 4.90 Å². The first-order chi connectivity index (χ1) is 9.82. The Hall–Kier alpha value is -1.07. The highest BCUT2D eigenvalue weighted by molar-refractivity contribution is 7.89. The van der Waals surface area contributed by atoms with Gasteiger partial charge in [-0.05, 0) is 12.1 Å². The van der Waals surface area contributed by atoms with E-state index < -0.39 is 33.7 Å².